The van der Waals surface area contributed by atoms with Gasteiger partial charge in [-0.2, -0.15) is 0 Å². The summed E-state index contributed by atoms with van der Waals surface area (Å²) in [6.07, 6.45) is 1.96. The van der Waals surface area contributed by atoms with Crippen molar-refractivity contribution in [3.8, 4) is 0 Å². The SMILES string of the molecule is CCNC(=O)NCCCOC[C@H]1CCOC1. The van der Waals surface area contributed by atoms with E-state index in [0.29, 0.717) is 25.6 Å². The second kappa shape index (κ2) is 8.35. The smallest absolute Gasteiger partial charge is 0.314 e. The highest BCUT2D eigenvalue weighted by molar-refractivity contribution is 5.73. The maximum Gasteiger partial charge on any atom is 0.314 e. The number of amides is 2. The molecular formula is C11H22N2O3. The van der Waals surface area contributed by atoms with E-state index in [2.05, 4.69) is 10.6 Å². The molecule has 0 saturated carbocycles. The van der Waals surface area contributed by atoms with Crippen LogP contribution in [0.1, 0.15) is 19.8 Å². The third-order valence-corrected chi connectivity index (χ3v) is 2.47. The fourth-order valence-corrected chi connectivity index (χ4v) is 1.56. The van der Waals surface area contributed by atoms with Crippen LogP contribution in [0.3, 0.4) is 0 Å². The number of nitrogens with one attached hydrogen (secondary N) is 2. The van der Waals surface area contributed by atoms with Gasteiger partial charge in [-0.1, -0.05) is 0 Å². The van der Waals surface area contributed by atoms with E-state index in [1.165, 1.54) is 0 Å². The van der Waals surface area contributed by atoms with E-state index in [4.69, 9.17) is 9.47 Å². The molecule has 1 aliphatic rings. The first-order chi connectivity index (χ1) is 7.83. The monoisotopic (exact) mass is 230 g/mol. The fraction of sp³-hybridized carbons (Fsp3) is 0.909. The summed E-state index contributed by atoms with van der Waals surface area (Å²) in [5, 5.41) is 5.43. The average molecular weight is 230 g/mol. The topological polar surface area (TPSA) is 59.6 Å². The van der Waals surface area contributed by atoms with Crippen LogP contribution in [-0.4, -0.2) is 45.5 Å². The van der Waals surface area contributed by atoms with Crippen molar-refractivity contribution in [1.82, 2.24) is 10.6 Å². The minimum atomic E-state index is -0.105. The van der Waals surface area contributed by atoms with Crippen molar-refractivity contribution >= 4 is 6.03 Å². The second-order valence-corrected chi connectivity index (χ2v) is 3.94. The largest absolute Gasteiger partial charge is 0.381 e. The lowest BCUT2D eigenvalue weighted by Gasteiger charge is -2.09. The van der Waals surface area contributed by atoms with Crippen LogP contribution < -0.4 is 10.6 Å². The number of ether oxygens (including phenoxy) is 2. The van der Waals surface area contributed by atoms with Gasteiger partial charge in [0, 0.05) is 32.2 Å². The van der Waals surface area contributed by atoms with Crippen LogP contribution in [0.15, 0.2) is 0 Å². The van der Waals surface area contributed by atoms with Gasteiger partial charge in [0.1, 0.15) is 0 Å². The van der Waals surface area contributed by atoms with E-state index in [9.17, 15) is 4.79 Å². The Labute approximate surface area is 96.9 Å². The molecule has 94 valence electrons. The summed E-state index contributed by atoms with van der Waals surface area (Å²) in [6.45, 7) is 6.39. The number of carbonyl (C=O) groups excluding carboxylic acids is 1. The Morgan fingerprint density at radius 1 is 1.50 bits per heavy atom. The third kappa shape index (κ3) is 5.92. The third-order valence-electron chi connectivity index (χ3n) is 2.47. The predicted octanol–water partition coefficient (Wildman–Crippen LogP) is 0.749. The number of urea groups is 1. The highest BCUT2D eigenvalue weighted by Gasteiger charge is 2.15. The maximum atomic E-state index is 11.0. The molecule has 1 atom stereocenters. The zero-order chi connectivity index (χ0) is 11.6. The van der Waals surface area contributed by atoms with Gasteiger partial charge in [-0.25, -0.2) is 4.79 Å². The number of hydrogen-bond donors (Lipinski definition) is 2. The molecule has 2 amide bonds. The maximum absolute atomic E-state index is 11.0. The van der Waals surface area contributed by atoms with Crippen molar-refractivity contribution in [2.24, 2.45) is 5.92 Å². The van der Waals surface area contributed by atoms with Gasteiger partial charge in [0.05, 0.1) is 13.2 Å². The summed E-state index contributed by atoms with van der Waals surface area (Å²) < 4.78 is 10.8. The van der Waals surface area contributed by atoms with Gasteiger partial charge in [-0.05, 0) is 19.8 Å². The molecule has 0 spiro atoms. The Balaban J connectivity index is 1.82. The Kier molecular flexibility index (Phi) is 6.92. The first kappa shape index (κ1) is 13.3. The zero-order valence-corrected chi connectivity index (χ0v) is 9.96. The molecule has 0 aromatic heterocycles. The lowest BCUT2D eigenvalue weighted by atomic mass is 10.1. The Bertz CT molecular complexity index is 194. The van der Waals surface area contributed by atoms with Crippen molar-refractivity contribution in [1.29, 1.82) is 0 Å². The van der Waals surface area contributed by atoms with Gasteiger partial charge < -0.3 is 20.1 Å². The summed E-state index contributed by atoms with van der Waals surface area (Å²) in [6, 6.07) is -0.105. The molecule has 1 heterocycles. The van der Waals surface area contributed by atoms with Crippen molar-refractivity contribution < 1.29 is 14.3 Å². The van der Waals surface area contributed by atoms with Gasteiger partial charge in [0.25, 0.3) is 0 Å². The molecule has 1 rings (SSSR count). The molecular weight excluding hydrogens is 208 g/mol. The quantitative estimate of drug-likeness (QED) is 0.634. The summed E-state index contributed by atoms with van der Waals surface area (Å²) >= 11 is 0. The van der Waals surface area contributed by atoms with Crippen molar-refractivity contribution in [2.45, 2.75) is 19.8 Å². The predicted molar refractivity (Wildman–Crippen MR) is 61.4 cm³/mol. The van der Waals surface area contributed by atoms with Crippen molar-refractivity contribution in [3.63, 3.8) is 0 Å². The molecule has 0 unspecified atom stereocenters. The molecule has 0 aliphatic carbocycles. The number of carbonyl (C=O) groups is 1. The molecule has 5 heteroatoms. The first-order valence-electron chi connectivity index (χ1n) is 6.00. The summed E-state index contributed by atoms with van der Waals surface area (Å²) in [5.41, 5.74) is 0. The van der Waals surface area contributed by atoms with Crippen molar-refractivity contribution in [2.75, 3.05) is 39.5 Å². The van der Waals surface area contributed by atoms with E-state index in [-0.39, 0.29) is 6.03 Å². The molecule has 16 heavy (non-hydrogen) atoms. The van der Waals surface area contributed by atoms with Gasteiger partial charge in [0.2, 0.25) is 0 Å². The zero-order valence-electron chi connectivity index (χ0n) is 9.96. The molecule has 5 nitrogen and oxygen atoms in total. The highest BCUT2D eigenvalue weighted by Crippen LogP contribution is 2.12. The minimum Gasteiger partial charge on any atom is -0.381 e. The molecule has 1 saturated heterocycles. The fourth-order valence-electron chi connectivity index (χ4n) is 1.56. The summed E-state index contributed by atoms with van der Waals surface area (Å²) in [5.74, 6) is 0.566. The van der Waals surface area contributed by atoms with Gasteiger partial charge in [-0.15, -0.1) is 0 Å². The Morgan fingerprint density at radius 3 is 3.06 bits per heavy atom. The van der Waals surface area contributed by atoms with Crippen LogP contribution >= 0.6 is 0 Å². The van der Waals surface area contributed by atoms with E-state index in [1.54, 1.807) is 0 Å². The lowest BCUT2D eigenvalue weighted by Crippen LogP contribution is -2.36. The standard InChI is InChI=1S/C11H22N2O3/c1-2-12-11(14)13-5-3-6-15-8-10-4-7-16-9-10/h10H,2-9H2,1H3,(H2,12,13,14)/t10-/m1/s1. The Morgan fingerprint density at radius 2 is 2.38 bits per heavy atom. The normalized spacial score (nSPS) is 19.7. The van der Waals surface area contributed by atoms with Crippen LogP contribution in [0.4, 0.5) is 4.79 Å². The van der Waals surface area contributed by atoms with E-state index >= 15 is 0 Å². The van der Waals surface area contributed by atoms with E-state index < -0.39 is 0 Å². The van der Waals surface area contributed by atoms with Gasteiger partial charge in [-0.3, -0.25) is 0 Å². The minimum absolute atomic E-state index is 0.105. The van der Waals surface area contributed by atoms with Crippen LogP contribution in [0.2, 0.25) is 0 Å². The summed E-state index contributed by atoms with van der Waals surface area (Å²) in [7, 11) is 0. The van der Waals surface area contributed by atoms with Gasteiger partial charge >= 0.3 is 6.03 Å². The summed E-state index contributed by atoms with van der Waals surface area (Å²) in [4.78, 5) is 11.0. The van der Waals surface area contributed by atoms with E-state index in [0.717, 1.165) is 32.7 Å². The average Bonchev–Trinajstić information content (AvgIpc) is 2.76. The van der Waals surface area contributed by atoms with Crippen LogP contribution in [-0.2, 0) is 9.47 Å². The molecule has 0 aromatic rings. The van der Waals surface area contributed by atoms with Crippen LogP contribution in [0.25, 0.3) is 0 Å². The lowest BCUT2D eigenvalue weighted by molar-refractivity contribution is 0.0885. The number of hydrogen-bond acceptors (Lipinski definition) is 3. The molecule has 2 N–H and O–H groups in total. The molecule has 0 radical (unpaired) electrons. The molecule has 0 aromatic carbocycles. The molecule has 1 fully saturated rings. The number of rotatable bonds is 7. The first-order valence-corrected chi connectivity index (χ1v) is 6.00. The molecule has 1 aliphatic heterocycles. The highest BCUT2D eigenvalue weighted by atomic mass is 16.5. The van der Waals surface area contributed by atoms with Crippen molar-refractivity contribution in [3.05, 3.63) is 0 Å². The molecule has 0 bridgehead atoms. The second-order valence-electron chi connectivity index (χ2n) is 3.94. The van der Waals surface area contributed by atoms with Crippen LogP contribution in [0, 0.1) is 5.92 Å². The van der Waals surface area contributed by atoms with Gasteiger partial charge in [0.15, 0.2) is 0 Å². The van der Waals surface area contributed by atoms with E-state index in [1.807, 2.05) is 6.92 Å². The van der Waals surface area contributed by atoms with Crippen LogP contribution in [0.5, 0.6) is 0 Å². The Hall–Kier alpha value is -0.810.